The van der Waals surface area contributed by atoms with E-state index in [2.05, 4.69) is 5.32 Å². The lowest BCUT2D eigenvalue weighted by Gasteiger charge is -2.36. The summed E-state index contributed by atoms with van der Waals surface area (Å²) >= 11 is 0. The molecule has 3 nitrogen and oxygen atoms in total. The standard InChI is InChI=1S/C20H20F4N2O/c1-4-13-10-26(17-9-12(3)11(2)8-16(17)25-13)19(27)14-6-5-7-15(18(14)21)20(22,23)24/h5-9,13,25H,4,10H2,1-3H3. The van der Waals surface area contributed by atoms with Crippen molar-refractivity contribution in [2.75, 3.05) is 16.8 Å². The zero-order valence-electron chi connectivity index (χ0n) is 15.2. The number of hydrogen-bond acceptors (Lipinski definition) is 2. The van der Waals surface area contributed by atoms with Gasteiger partial charge >= 0.3 is 6.18 Å². The number of carbonyl (C=O) groups excluding carboxylic acids is 1. The van der Waals surface area contributed by atoms with Crippen molar-refractivity contribution in [1.29, 1.82) is 0 Å². The lowest BCUT2D eigenvalue weighted by Crippen LogP contribution is -2.45. The van der Waals surface area contributed by atoms with Crippen molar-refractivity contribution in [1.82, 2.24) is 0 Å². The lowest BCUT2D eigenvalue weighted by molar-refractivity contribution is -0.140. The molecule has 7 heteroatoms. The van der Waals surface area contributed by atoms with Crippen LogP contribution in [0.5, 0.6) is 0 Å². The van der Waals surface area contributed by atoms with Gasteiger partial charge in [0.1, 0.15) is 5.82 Å². The fourth-order valence-corrected chi connectivity index (χ4v) is 3.21. The van der Waals surface area contributed by atoms with Gasteiger partial charge in [0.05, 0.1) is 22.5 Å². The summed E-state index contributed by atoms with van der Waals surface area (Å²) in [5, 5.41) is 3.33. The Balaban J connectivity index is 2.09. The van der Waals surface area contributed by atoms with Crippen LogP contribution in [0.1, 0.15) is 40.4 Å². The van der Waals surface area contributed by atoms with E-state index in [4.69, 9.17) is 0 Å². The van der Waals surface area contributed by atoms with Crippen molar-refractivity contribution in [3.8, 4) is 0 Å². The number of rotatable bonds is 2. The summed E-state index contributed by atoms with van der Waals surface area (Å²) in [7, 11) is 0. The molecule has 1 atom stereocenters. The zero-order valence-corrected chi connectivity index (χ0v) is 15.2. The summed E-state index contributed by atoms with van der Waals surface area (Å²) in [6, 6.07) is 6.41. The average Bonchev–Trinajstić information content (AvgIpc) is 2.60. The van der Waals surface area contributed by atoms with Gasteiger partial charge < -0.3 is 10.2 Å². The summed E-state index contributed by atoms with van der Waals surface area (Å²) in [6.45, 7) is 6.01. The molecule has 0 aromatic heterocycles. The largest absolute Gasteiger partial charge is 0.419 e. The summed E-state index contributed by atoms with van der Waals surface area (Å²) in [6.07, 6.45) is -4.15. The minimum absolute atomic E-state index is 0.0718. The van der Waals surface area contributed by atoms with Crippen LogP contribution in [0, 0.1) is 19.7 Å². The van der Waals surface area contributed by atoms with Gasteiger partial charge in [0, 0.05) is 12.6 Å². The Morgan fingerprint density at radius 2 is 1.89 bits per heavy atom. The number of halogens is 4. The number of nitrogens with zero attached hydrogens (tertiary/aromatic N) is 1. The van der Waals surface area contributed by atoms with Gasteiger partial charge in [-0.2, -0.15) is 13.2 Å². The van der Waals surface area contributed by atoms with Crippen molar-refractivity contribution in [3.05, 3.63) is 58.4 Å². The van der Waals surface area contributed by atoms with E-state index in [-0.39, 0.29) is 12.6 Å². The first-order chi connectivity index (χ1) is 12.6. The van der Waals surface area contributed by atoms with Crippen LogP contribution in [0.2, 0.25) is 0 Å². The molecular formula is C20H20F4N2O. The third-order valence-corrected chi connectivity index (χ3v) is 4.94. The molecule has 3 rings (SSSR count). The van der Waals surface area contributed by atoms with E-state index < -0.39 is 29.0 Å². The average molecular weight is 380 g/mol. The van der Waals surface area contributed by atoms with E-state index in [1.165, 1.54) is 4.90 Å². The number of amides is 1. The van der Waals surface area contributed by atoms with Gasteiger partial charge in [0.25, 0.3) is 5.91 Å². The Bertz CT molecular complexity index is 892. The maximum Gasteiger partial charge on any atom is 0.419 e. The van der Waals surface area contributed by atoms with E-state index in [1.807, 2.05) is 26.8 Å². The molecule has 27 heavy (non-hydrogen) atoms. The van der Waals surface area contributed by atoms with Crippen LogP contribution in [0.25, 0.3) is 0 Å². The molecule has 1 aliphatic heterocycles. The van der Waals surface area contributed by atoms with Crippen LogP contribution < -0.4 is 10.2 Å². The molecule has 0 saturated carbocycles. The highest BCUT2D eigenvalue weighted by Gasteiger charge is 2.37. The first-order valence-electron chi connectivity index (χ1n) is 8.68. The maximum atomic E-state index is 14.5. The van der Waals surface area contributed by atoms with E-state index in [9.17, 15) is 22.4 Å². The molecule has 2 aromatic rings. The molecule has 1 amide bonds. The van der Waals surface area contributed by atoms with Gasteiger partial charge in [0.2, 0.25) is 0 Å². The van der Waals surface area contributed by atoms with Crippen LogP contribution in [0.4, 0.5) is 28.9 Å². The molecule has 0 radical (unpaired) electrons. The van der Waals surface area contributed by atoms with Crippen molar-refractivity contribution in [3.63, 3.8) is 0 Å². The summed E-state index contributed by atoms with van der Waals surface area (Å²) in [5.41, 5.74) is 1.21. The number of carbonyl (C=O) groups is 1. The third-order valence-electron chi connectivity index (χ3n) is 4.94. The van der Waals surface area contributed by atoms with E-state index in [1.54, 1.807) is 6.07 Å². The molecule has 0 bridgehead atoms. The molecular weight excluding hydrogens is 360 g/mol. The Morgan fingerprint density at radius 3 is 2.52 bits per heavy atom. The van der Waals surface area contributed by atoms with Crippen LogP contribution in [-0.4, -0.2) is 18.5 Å². The van der Waals surface area contributed by atoms with Gasteiger partial charge in [-0.05, 0) is 55.7 Å². The first-order valence-corrected chi connectivity index (χ1v) is 8.68. The van der Waals surface area contributed by atoms with Gasteiger partial charge in [-0.15, -0.1) is 0 Å². The maximum absolute atomic E-state index is 14.5. The monoisotopic (exact) mass is 380 g/mol. The number of fused-ring (bicyclic) bond motifs is 1. The Kier molecular flexibility index (Phi) is 4.88. The van der Waals surface area contributed by atoms with Crippen molar-refractivity contribution < 1.29 is 22.4 Å². The van der Waals surface area contributed by atoms with E-state index >= 15 is 0 Å². The third kappa shape index (κ3) is 3.50. The molecule has 0 fully saturated rings. The minimum atomic E-state index is -4.86. The molecule has 0 spiro atoms. The van der Waals surface area contributed by atoms with Crippen LogP contribution >= 0.6 is 0 Å². The van der Waals surface area contributed by atoms with Gasteiger partial charge in [-0.25, -0.2) is 4.39 Å². The second-order valence-corrected chi connectivity index (χ2v) is 6.78. The quantitative estimate of drug-likeness (QED) is 0.716. The molecule has 1 aliphatic rings. The molecule has 0 aliphatic carbocycles. The van der Waals surface area contributed by atoms with Crippen molar-refractivity contribution in [2.24, 2.45) is 0 Å². The second kappa shape index (κ2) is 6.87. The van der Waals surface area contributed by atoms with E-state index in [0.717, 1.165) is 28.9 Å². The number of benzene rings is 2. The number of aryl methyl sites for hydroxylation is 2. The fraction of sp³-hybridized carbons (Fsp3) is 0.350. The Morgan fingerprint density at radius 1 is 1.22 bits per heavy atom. The van der Waals surface area contributed by atoms with Crippen LogP contribution in [0.15, 0.2) is 30.3 Å². The summed E-state index contributed by atoms with van der Waals surface area (Å²) in [5.74, 6) is -2.31. The molecule has 2 aromatic carbocycles. The van der Waals surface area contributed by atoms with Crippen LogP contribution in [0.3, 0.4) is 0 Å². The van der Waals surface area contributed by atoms with E-state index in [0.29, 0.717) is 18.2 Å². The number of alkyl halides is 3. The molecule has 1 unspecified atom stereocenters. The normalized spacial score (nSPS) is 16.7. The van der Waals surface area contributed by atoms with Crippen molar-refractivity contribution in [2.45, 2.75) is 39.4 Å². The highest BCUT2D eigenvalue weighted by atomic mass is 19.4. The van der Waals surface area contributed by atoms with Crippen LogP contribution in [-0.2, 0) is 6.18 Å². The predicted octanol–water partition coefficient (Wildman–Crippen LogP) is 5.31. The summed E-state index contributed by atoms with van der Waals surface area (Å²) < 4.78 is 53.5. The number of nitrogens with one attached hydrogen (secondary N) is 1. The number of hydrogen-bond donors (Lipinski definition) is 1. The minimum Gasteiger partial charge on any atom is -0.379 e. The highest BCUT2D eigenvalue weighted by molar-refractivity contribution is 6.08. The fourth-order valence-electron chi connectivity index (χ4n) is 3.21. The topological polar surface area (TPSA) is 32.3 Å². The lowest BCUT2D eigenvalue weighted by atomic mass is 10.0. The Labute approximate surface area is 155 Å². The summed E-state index contributed by atoms with van der Waals surface area (Å²) in [4.78, 5) is 14.4. The molecule has 1 N–H and O–H groups in total. The highest BCUT2D eigenvalue weighted by Crippen LogP contribution is 2.37. The zero-order chi connectivity index (χ0) is 19.9. The Hall–Kier alpha value is -2.57. The second-order valence-electron chi connectivity index (χ2n) is 6.78. The van der Waals surface area contributed by atoms with Gasteiger partial charge in [0.15, 0.2) is 0 Å². The number of anilines is 2. The van der Waals surface area contributed by atoms with Gasteiger partial charge in [-0.3, -0.25) is 4.79 Å². The molecule has 0 saturated heterocycles. The molecule has 144 valence electrons. The molecule has 1 heterocycles. The van der Waals surface area contributed by atoms with Crippen molar-refractivity contribution >= 4 is 17.3 Å². The van der Waals surface area contributed by atoms with Gasteiger partial charge in [-0.1, -0.05) is 13.0 Å². The SMILES string of the molecule is CCC1CN(C(=O)c2cccc(C(F)(F)F)c2F)c2cc(C)c(C)cc2N1. The smallest absolute Gasteiger partial charge is 0.379 e. The first kappa shape index (κ1) is 19.2. The predicted molar refractivity (Wildman–Crippen MR) is 96.7 cm³/mol.